The first kappa shape index (κ1) is 30.8. The summed E-state index contributed by atoms with van der Waals surface area (Å²) in [6, 6.07) is 8.45. The van der Waals surface area contributed by atoms with Crippen LogP contribution in [0.2, 0.25) is 0 Å². The number of hydrogen-bond acceptors (Lipinski definition) is 7. The van der Waals surface area contributed by atoms with Crippen LogP contribution in [-0.2, 0) is 23.1 Å². The number of methoxy groups -OCH3 is 1. The van der Waals surface area contributed by atoms with E-state index in [9.17, 15) is 14.4 Å². The number of alkyl carbamates (subject to hydrolysis) is 1. The van der Waals surface area contributed by atoms with Gasteiger partial charge in [0, 0.05) is 43.2 Å². The fourth-order valence-electron chi connectivity index (χ4n) is 7.37. The normalized spacial score (nSPS) is 22.1. The molecular weight excluding hydrogens is 598 g/mol. The zero-order chi connectivity index (χ0) is 33.2. The Morgan fingerprint density at radius 3 is 2.64 bits per heavy atom. The number of nitrogens with one attached hydrogen (secondary N) is 2. The van der Waals surface area contributed by atoms with E-state index in [1.807, 2.05) is 23.9 Å². The Morgan fingerprint density at radius 2 is 1.94 bits per heavy atom. The first-order chi connectivity index (χ1) is 22.5. The molecule has 0 radical (unpaired) electrons. The average molecular weight is 640 g/mol. The number of imidazole rings is 1. The van der Waals surface area contributed by atoms with Crippen LogP contribution in [0.25, 0.3) is 33.6 Å². The highest BCUT2D eigenvalue weighted by atomic mass is 16.6. The maximum Gasteiger partial charge on any atom is 0.407 e. The quantitative estimate of drug-likeness (QED) is 0.273. The van der Waals surface area contributed by atoms with Crippen LogP contribution in [0.15, 0.2) is 49.2 Å². The van der Waals surface area contributed by atoms with Crippen molar-refractivity contribution in [2.75, 3.05) is 13.7 Å². The average Bonchev–Trinajstić information content (AvgIpc) is 3.42. The van der Waals surface area contributed by atoms with E-state index >= 15 is 0 Å². The van der Waals surface area contributed by atoms with E-state index in [2.05, 4.69) is 38.9 Å². The van der Waals surface area contributed by atoms with Crippen LogP contribution in [0.4, 0.5) is 4.79 Å². The van der Waals surface area contributed by atoms with E-state index in [1.165, 1.54) is 18.9 Å². The fourth-order valence-corrected chi connectivity index (χ4v) is 7.37. The molecule has 12 nitrogen and oxygen atoms in total. The predicted octanol–water partition coefficient (Wildman–Crippen LogP) is 4.42. The molecule has 0 unspecified atom stereocenters. The van der Waals surface area contributed by atoms with Crippen LogP contribution >= 0.6 is 0 Å². The predicted molar refractivity (Wildman–Crippen MR) is 177 cm³/mol. The summed E-state index contributed by atoms with van der Waals surface area (Å²) in [6.07, 6.45) is 5.51. The number of likely N-dealkylation sites (tertiary alicyclic amines) is 1. The highest BCUT2D eigenvalue weighted by molar-refractivity contribution is 6.01. The first-order valence-corrected chi connectivity index (χ1v) is 16.2. The number of ether oxygens (including phenoxy) is 2. The number of hydrogen-bond donors (Lipinski definition) is 2. The minimum absolute atomic E-state index is 0.0688. The second kappa shape index (κ2) is 11.4. The van der Waals surface area contributed by atoms with Gasteiger partial charge in [-0.15, -0.1) is 0 Å². The van der Waals surface area contributed by atoms with Gasteiger partial charge in [-0.2, -0.15) is 0 Å². The van der Waals surface area contributed by atoms with Gasteiger partial charge in [0.25, 0.3) is 5.91 Å². The number of rotatable bonds is 8. The molecule has 3 amide bonds. The Morgan fingerprint density at radius 1 is 1.15 bits per heavy atom. The van der Waals surface area contributed by atoms with E-state index in [-0.39, 0.29) is 23.8 Å². The number of piperidine rings is 1. The van der Waals surface area contributed by atoms with Gasteiger partial charge in [0.1, 0.15) is 22.5 Å². The van der Waals surface area contributed by atoms with Gasteiger partial charge in [0.05, 0.1) is 36.4 Å². The fraction of sp³-hybridized carbons (Fsp3) is 0.457. The number of benzene rings is 1. The molecule has 0 spiro atoms. The topological polar surface area (TPSA) is 133 Å². The van der Waals surface area contributed by atoms with Crippen molar-refractivity contribution in [3.8, 4) is 17.3 Å². The molecular formula is C35H41N7O5. The molecule has 3 aromatic heterocycles. The molecule has 1 aromatic carbocycles. The molecule has 4 aromatic rings. The first-order valence-electron chi connectivity index (χ1n) is 16.2. The molecule has 2 aliphatic carbocycles. The lowest BCUT2D eigenvalue weighted by Gasteiger charge is -2.34. The molecule has 3 aliphatic rings. The Balaban J connectivity index is 1.24. The zero-order valence-electron chi connectivity index (χ0n) is 27.4. The largest absolute Gasteiger partial charge is 0.494 e. The maximum absolute atomic E-state index is 14.3. The molecule has 4 heterocycles. The molecule has 3 fully saturated rings. The molecule has 4 atom stereocenters. The minimum atomic E-state index is -0.677. The number of carbonyl (C=O) groups is 3. The summed E-state index contributed by atoms with van der Waals surface area (Å²) in [5.74, 6) is 1.29. The summed E-state index contributed by atoms with van der Waals surface area (Å²) < 4.78 is 15.7. The molecule has 1 aliphatic heterocycles. The Kier molecular flexibility index (Phi) is 7.48. The highest BCUT2D eigenvalue weighted by Gasteiger charge is 2.55. The third-order valence-electron chi connectivity index (χ3n) is 9.52. The van der Waals surface area contributed by atoms with E-state index in [0.717, 1.165) is 34.6 Å². The van der Waals surface area contributed by atoms with Crippen molar-refractivity contribution in [2.45, 2.75) is 70.3 Å². The lowest BCUT2D eigenvalue weighted by Crippen LogP contribution is -2.55. The Bertz CT molecular complexity index is 1920. The third-order valence-corrected chi connectivity index (χ3v) is 9.52. The van der Waals surface area contributed by atoms with Crippen molar-refractivity contribution in [1.29, 1.82) is 0 Å². The van der Waals surface area contributed by atoms with E-state index in [4.69, 9.17) is 14.5 Å². The summed E-state index contributed by atoms with van der Waals surface area (Å²) in [7, 11) is 3.55. The van der Waals surface area contributed by atoms with Crippen molar-refractivity contribution in [2.24, 2.45) is 18.9 Å². The number of fused-ring (bicyclic) bond motifs is 4. The van der Waals surface area contributed by atoms with Gasteiger partial charge >= 0.3 is 6.09 Å². The van der Waals surface area contributed by atoms with Crippen molar-refractivity contribution in [3.05, 3.63) is 54.7 Å². The summed E-state index contributed by atoms with van der Waals surface area (Å²) in [5.41, 5.74) is 3.04. The monoisotopic (exact) mass is 639 g/mol. The number of aryl methyl sites for hydroxylation is 1. The summed E-state index contributed by atoms with van der Waals surface area (Å²) in [5, 5.41) is 7.01. The molecule has 1 saturated heterocycles. The van der Waals surface area contributed by atoms with Crippen molar-refractivity contribution in [3.63, 3.8) is 0 Å². The van der Waals surface area contributed by atoms with Crippen LogP contribution in [0, 0.1) is 11.8 Å². The third kappa shape index (κ3) is 5.59. The standard InChI is InChI=1S/C35H41N7O5/c1-7-27(43)37-24-14-22-18-42(30(24)28(22)39-34(45)47-35(2,3)4)33(44)21-13-23-29(26(16-21)46-6)40(5)32(38-23)25-15-20-9-8-12-36-31(20)41(25)17-19-10-11-19/h7-9,12-13,15-16,19,22,24,28,30H,1,10-11,14,17-18H2,2-6H3,(H,37,43)(H,39,45)/t22-,24+,28-,30-/m1/s1. The van der Waals surface area contributed by atoms with Gasteiger partial charge in [-0.25, -0.2) is 14.8 Å². The van der Waals surface area contributed by atoms with Gasteiger partial charge in [0.15, 0.2) is 5.82 Å². The summed E-state index contributed by atoms with van der Waals surface area (Å²) >= 11 is 0. The van der Waals surface area contributed by atoms with Gasteiger partial charge in [-0.05, 0) is 82.4 Å². The number of carbonyl (C=O) groups excluding carboxylic acids is 3. The van der Waals surface area contributed by atoms with Crippen LogP contribution in [-0.4, -0.2) is 79.3 Å². The van der Waals surface area contributed by atoms with E-state index < -0.39 is 23.8 Å². The van der Waals surface area contributed by atoms with Crippen LogP contribution < -0.4 is 15.4 Å². The molecule has 47 heavy (non-hydrogen) atoms. The van der Waals surface area contributed by atoms with Crippen molar-refractivity contribution < 1.29 is 23.9 Å². The van der Waals surface area contributed by atoms with Crippen molar-refractivity contribution in [1.82, 2.24) is 34.6 Å². The smallest absolute Gasteiger partial charge is 0.407 e. The van der Waals surface area contributed by atoms with Gasteiger partial charge in [-0.1, -0.05) is 6.58 Å². The second-order valence-electron chi connectivity index (χ2n) is 14.0. The molecule has 246 valence electrons. The number of aromatic nitrogens is 4. The number of pyridine rings is 1. The van der Waals surface area contributed by atoms with Crippen LogP contribution in [0.3, 0.4) is 0 Å². The number of nitrogens with zero attached hydrogens (tertiary/aromatic N) is 5. The SMILES string of the molecule is C=CC(=O)N[C@H]1C[C@@H]2CN(C(=O)c3cc(OC)c4c(c3)nc(-c3cc5cccnc5n3CC3CC3)n4C)[C@H]1[C@@H]2NC(=O)OC(C)(C)C. The lowest BCUT2D eigenvalue weighted by atomic mass is 10.0. The van der Waals surface area contributed by atoms with Gasteiger partial charge in [0.2, 0.25) is 5.91 Å². The van der Waals surface area contributed by atoms with Crippen molar-refractivity contribution >= 4 is 40.0 Å². The van der Waals surface area contributed by atoms with Gasteiger partial charge < -0.3 is 34.1 Å². The summed E-state index contributed by atoms with van der Waals surface area (Å²) in [4.78, 5) is 51.0. The Hall–Kier alpha value is -4.87. The molecule has 2 N–H and O–H groups in total. The second-order valence-corrected chi connectivity index (χ2v) is 14.0. The minimum Gasteiger partial charge on any atom is -0.494 e. The highest BCUT2D eigenvalue weighted by Crippen LogP contribution is 2.41. The molecule has 12 heteroatoms. The van der Waals surface area contributed by atoms with Gasteiger partial charge in [-0.3, -0.25) is 9.59 Å². The summed E-state index contributed by atoms with van der Waals surface area (Å²) in [6.45, 7) is 10.3. The van der Waals surface area contributed by atoms with Crippen LogP contribution in [0.1, 0.15) is 50.4 Å². The Labute approximate surface area is 273 Å². The zero-order valence-corrected chi connectivity index (χ0v) is 27.4. The maximum atomic E-state index is 14.3. The molecule has 2 saturated carbocycles. The van der Waals surface area contributed by atoms with Crippen LogP contribution in [0.5, 0.6) is 5.75 Å². The van der Waals surface area contributed by atoms with E-state index in [1.54, 1.807) is 44.9 Å². The van der Waals surface area contributed by atoms with E-state index in [0.29, 0.717) is 35.7 Å². The lowest BCUT2D eigenvalue weighted by molar-refractivity contribution is -0.117. The molecule has 2 bridgehead atoms. The molecule has 7 rings (SSSR count). The number of amides is 3.